The van der Waals surface area contributed by atoms with Crippen LogP contribution in [0.1, 0.15) is 12.8 Å². The highest BCUT2D eigenvalue weighted by molar-refractivity contribution is 9.10. The van der Waals surface area contributed by atoms with Crippen molar-refractivity contribution in [3.8, 4) is 0 Å². The van der Waals surface area contributed by atoms with E-state index >= 15 is 0 Å². The third-order valence-electron chi connectivity index (χ3n) is 3.12. The Bertz CT molecular complexity index is 774. The first-order chi connectivity index (χ1) is 10.9. The normalized spacial score (nSPS) is 11.2. The number of sulfone groups is 1. The zero-order valence-electron chi connectivity index (χ0n) is 12.1. The van der Waals surface area contributed by atoms with Crippen LogP contribution in [0.15, 0.2) is 57.9 Å². The maximum Gasteiger partial charge on any atom is 0.224 e. The van der Waals surface area contributed by atoms with Gasteiger partial charge in [-0.1, -0.05) is 27.5 Å². The molecule has 0 atom stereocenters. The number of halogens is 2. The van der Waals surface area contributed by atoms with Gasteiger partial charge in [0.15, 0.2) is 9.84 Å². The standard InChI is InChI=1S/C16H15BrClNO3S/c17-12-3-7-14(8-4-12)19-16(20)2-1-11-23(21,22)15-9-5-13(18)6-10-15/h3-10H,1-2,11H2,(H,19,20). The fourth-order valence-electron chi connectivity index (χ4n) is 1.94. The molecule has 0 aromatic heterocycles. The van der Waals surface area contributed by atoms with Crippen LogP contribution >= 0.6 is 27.5 Å². The molecule has 0 fully saturated rings. The fraction of sp³-hybridized carbons (Fsp3) is 0.188. The predicted octanol–water partition coefficient (Wildman–Crippen LogP) is 4.30. The van der Waals surface area contributed by atoms with Gasteiger partial charge in [-0.05, 0) is 55.0 Å². The van der Waals surface area contributed by atoms with Crippen molar-refractivity contribution in [2.75, 3.05) is 11.1 Å². The lowest BCUT2D eigenvalue weighted by Crippen LogP contribution is -2.14. The van der Waals surface area contributed by atoms with Gasteiger partial charge < -0.3 is 5.32 Å². The molecule has 2 aromatic rings. The van der Waals surface area contributed by atoms with Gasteiger partial charge in [0.05, 0.1) is 10.6 Å². The van der Waals surface area contributed by atoms with Crippen LogP contribution < -0.4 is 5.32 Å². The zero-order valence-corrected chi connectivity index (χ0v) is 15.3. The van der Waals surface area contributed by atoms with Gasteiger partial charge in [-0.25, -0.2) is 8.42 Å². The first-order valence-corrected chi connectivity index (χ1v) is 9.73. The van der Waals surface area contributed by atoms with Gasteiger partial charge in [-0.2, -0.15) is 0 Å². The number of carbonyl (C=O) groups is 1. The molecule has 0 aliphatic heterocycles. The molecule has 2 rings (SSSR count). The number of benzene rings is 2. The van der Waals surface area contributed by atoms with Gasteiger partial charge in [0.25, 0.3) is 0 Å². The molecular formula is C16H15BrClNO3S. The monoisotopic (exact) mass is 415 g/mol. The molecule has 1 N–H and O–H groups in total. The second-order valence-electron chi connectivity index (χ2n) is 4.93. The van der Waals surface area contributed by atoms with Gasteiger partial charge in [0.1, 0.15) is 0 Å². The zero-order chi connectivity index (χ0) is 16.9. The topological polar surface area (TPSA) is 63.2 Å². The first-order valence-electron chi connectivity index (χ1n) is 6.90. The number of hydrogen-bond donors (Lipinski definition) is 1. The number of carbonyl (C=O) groups excluding carboxylic acids is 1. The highest BCUT2D eigenvalue weighted by Gasteiger charge is 2.15. The van der Waals surface area contributed by atoms with Crippen LogP contribution in [0, 0.1) is 0 Å². The van der Waals surface area contributed by atoms with Gasteiger partial charge in [0.2, 0.25) is 5.91 Å². The Morgan fingerprint density at radius 1 is 1.04 bits per heavy atom. The largest absolute Gasteiger partial charge is 0.326 e. The van der Waals surface area contributed by atoms with E-state index in [1.54, 1.807) is 12.1 Å². The van der Waals surface area contributed by atoms with Crippen molar-refractivity contribution < 1.29 is 13.2 Å². The lowest BCUT2D eigenvalue weighted by atomic mass is 10.3. The van der Waals surface area contributed by atoms with E-state index in [1.165, 1.54) is 24.3 Å². The minimum Gasteiger partial charge on any atom is -0.326 e. The molecule has 7 heteroatoms. The Labute approximate surface area is 148 Å². The number of rotatable bonds is 6. The van der Waals surface area contributed by atoms with E-state index in [0.29, 0.717) is 10.7 Å². The van der Waals surface area contributed by atoms with Crippen LogP contribution in [0.5, 0.6) is 0 Å². The SMILES string of the molecule is O=C(CCCS(=O)(=O)c1ccc(Cl)cc1)Nc1ccc(Br)cc1. The lowest BCUT2D eigenvalue weighted by Gasteiger charge is -2.06. The molecule has 2 aromatic carbocycles. The van der Waals surface area contributed by atoms with E-state index in [1.807, 2.05) is 12.1 Å². The summed E-state index contributed by atoms with van der Waals surface area (Å²) in [5.74, 6) is -0.291. The van der Waals surface area contributed by atoms with Gasteiger partial charge in [0, 0.05) is 21.6 Å². The van der Waals surface area contributed by atoms with E-state index < -0.39 is 9.84 Å². The molecule has 0 radical (unpaired) electrons. The van der Waals surface area contributed by atoms with Crippen LogP contribution in [0.25, 0.3) is 0 Å². The van der Waals surface area contributed by atoms with E-state index in [2.05, 4.69) is 21.2 Å². The first kappa shape index (κ1) is 18.0. The number of nitrogens with one attached hydrogen (secondary N) is 1. The smallest absolute Gasteiger partial charge is 0.224 e. The Morgan fingerprint density at radius 3 is 2.26 bits per heavy atom. The lowest BCUT2D eigenvalue weighted by molar-refractivity contribution is -0.116. The summed E-state index contributed by atoms with van der Waals surface area (Å²) in [6.45, 7) is 0. The average Bonchev–Trinajstić information content (AvgIpc) is 2.50. The molecule has 4 nitrogen and oxygen atoms in total. The third kappa shape index (κ3) is 5.64. The Morgan fingerprint density at radius 2 is 1.65 bits per heavy atom. The summed E-state index contributed by atoms with van der Waals surface area (Å²) in [7, 11) is -3.40. The van der Waals surface area contributed by atoms with Crippen molar-refractivity contribution in [2.24, 2.45) is 0 Å². The van der Waals surface area contributed by atoms with Crippen molar-refractivity contribution in [2.45, 2.75) is 17.7 Å². The van der Waals surface area contributed by atoms with Crippen LogP contribution in [-0.2, 0) is 14.6 Å². The van der Waals surface area contributed by atoms with E-state index in [-0.39, 0.29) is 29.4 Å². The van der Waals surface area contributed by atoms with E-state index in [4.69, 9.17) is 11.6 Å². The Balaban J connectivity index is 1.85. The quantitative estimate of drug-likeness (QED) is 0.764. The molecular weight excluding hydrogens is 402 g/mol. The van der Waals surface area contributed by atoms with Crippen LogP contribution in [-0.4, -0.2) is 20.1 Å². The average molecular weight is 417 g/mol. The van der Waals surface area contributed by atoms with Crippen molar-refractivity contribution in [1.82, 2.24) is 0 Å². The molecule has 0 unspecified atom stereocenters. The molecule has 0 aliphatic carbocycles. The van der Waals surface area contributed by atoms with Crippen molar-refractivity contribution in [3.05, 3.63) is 58.0 Å². The maximum absolute atomic E-state index is 12.1. The van der Waals surface area contributed by atoms with Crippen molar-refractivity contribution in [1.29, 1.82) is 0 Å². The molecule has 0 saturated heterocycles. The molecule has 122 valence electrons. The summed E-state index contributed by atoms with van der Waals surface area (Å²) in [4.78, 5) is 12.0. The maximum atomic E-state index is 12.1. The second kappa shape index (κ2) is 7.95. The predicted molar refractivity (Wildman–Crippen MR) is 95.5 cm³/mol. The van der Waals surface area contributed by atoms with Gasteiger partial charge >= 0.3 is 0 Å². The summed E-state index contributed by atoms with van der Waals surface area (Å²) < 4.78 is 25.2. The minimum absolute atomic E-state index is 0.0810. The van der Waals surface area contributed by atoms with Crippen LogP contribution in [0.4, 0.5) is 5.69 Å². The molecule has 0 aliphatic rings. The molecule has 0 bridgehead atoms. The Hall–Kier alpha value is -1.37. The third-order valence-corrected chi connectivity index (χ3v) is 5.71. The second-order valence-corrected chi connectivity index (χ2v) is 8.39. The molecule has 0 spiro atoms. The van der Waals surface area contributed by atoms with E-state index in [9.17, 15) is 13.2 Å². The summed E-state index contributed by atoms with van der Waals surface area (Å²) in [6, 6.07) is 13.2. The summed E-state index contributed by atoms with van der Waals surface area (Å²) in [5, 5.41) is 3.21. The van der Waals surface area contributed by atoms with Crippen LogP contribution in [0.2, 0.25) is 5.02 Å². The summed E-state index contributed by atoms with van der Waals surface area (Å²) in [5.41, 5.74) is 0.679. The Kier molecular flexibility index (Phi) is 6.21. The van der Waals surface area contributed by atoms with Crippen molar-refractivity contribution in [3.63, 3.8) is 0 Å². The summed E-state index contributed by atoms with van der Waals surface area (Å²) in [6.07, 6.45) is 0.399. The molecule has 0 heterocycles. The van der Waals surface area contributed by atoms with Gasteiger partial charge in [-0.3, -0.25) is 4.79 Å². The number of amides is 1. The number of hydrogen-bond acceptors (Lipinski definition) is 3. The van der Waals surface area contributed by atoms with Gasteiger partial charge in [-0.15, -0.1) is 0 Å². The highest BCUT2D eigenvalue weighted by Crippen LogP contribution is 2.17. The summed E-state index contributed by atoms with van der Waals surface area (Å²) >= 11 is 9.06. The van der Waals surface area contributed by atoms with E-state index in [0.717, 1.165) is 4.47 Å². The van der Waals surface area contributed by atoms with Crippen molar-refractivity contribution >= 4 is 49.0 Å². The molecule has 0 saturated carbocycles. The van der Waals surface area contributed by atoms with Crippen LogP contribution in [0.3, 0.4) is 0 Å². The fourth-order valence-corrected chi connectivity index (χ4v) is 3.64. The number of anilines is 1. The minimum atomic E-state index is -3.40. The highest BCUT2D eigenvalue weighted by atomic mass is 79.9. The molecule has 1 amide bonds. The molecule has 23 heavy (non-hydrogen) atoms.